The zero-order valence-corrected chi connectivity index (χ0v) is 33.7. The number of aromatic amines is 1. The van der Waals surface area contributed by atoms with Gasteiger partial charge in [-0.25, -0.2) is 4.98 Å². The fourth-order valence-corrected chi connectivity index (χ4v) is 7.51. The van der Waals surface area contributed by atoms with Crippen LogP contribution in [-0.4, -0.2) is 84.9 Å². The number of carbonyl (C=O) groups excluding carboxylic acids is 4. The van der Waals surface area contributed by atoms with Crippen LogP contribution in [0, 0.1) is 23.2 Å². The maximum atomic E-state index is 15.5. The summed E-state index contributed by atoms with van der Waals surface area (Å²) < 4.78 is 6.07. The molecule has 308 valence electrons. The fourth-order valence-electron chi connectivity index (χ4n) is 7.51. The minimum absolute atomic E-state index is 0.0908. The summed E-state index contributed by atoms with van der Waals surface area (Å²) in [5.74, 6) is -4.88. The lowest BCUT2D eigenvalue weighted by molar-refractivity contribution is -0.197. The van der Waals surface area contributed by atoms with E-state index in [-0.39, 0.29) is 36.1 Å². The summed E-state index contributed by atoms with van der Waals surface area (Å²) in [7, 11) is 0. The molecule has 0 spiro atoms. The Morgan fingerprint density at radius 1 is 0.930 bits per heavy atom. The van der Waals surface area contributed by atoms with Gasteiger partial charge in [0, 0.05) is 35.9 Å². The number of H-pyrrole nitrogens is 1. The number of Topliss-reactive ketones (excluding diaryl/α,β-unsaturated/α-hetero) is 3. The minimum atomic E-state index is -3.26. The van der Waals surface area contributed by atoms with Gasteiger partial charge in [-0.2, -0.15) is 0 Å². The van der Waals surface area contributed by atoms with Crippen LogP contribution in [0.15, 0.2) is 79.4 Å². The molecular weight excluding hydrogens is 727 g/mol. The number of hydrogen-bond donors (Lipinski definition) is 7. The SMILES string of the molecule is CC[C@@H](C)[C@@H](N)C(=O)C(NC(=O)C(CC(C)C)(C(=O)[C@@H](N)Cc1cnc[nH]1)C(O)(C(=O)COc1cccc2ccccc12)[C@H](O)[C@@H](N)CC(C)C)c1ccccn1. The van der Waals surface area contributed by atoms with Gasteiger partial charge in [-0.05, 0) is 54.2 Å². The van der Waals surface area contributed by atoms with Crippen molar-refractivity contribution in [3.8, 4) is 5.75 Å². The standard InChI is InChI=1S/C43H59N7O7/c1-7-27(6)36(46)38(52)37(33-16-10-11-18-48-33)50-41(55)42(21-26(4)5,39(53)32(45)20-29-22-47-24-49-29)43(56,40(54)31(44)19-25(2)3)35(51)23-57-34-17-12-14-28-13-8-9-15-30(28)34/h8-18,22,24-27,31-32,36-37,40,54,56H,7,19-21,23,44-46H2,1-6H3,(H,47,49)(H,50,55)/t27-,31+,32+,36-,37?,40-,42?,43?/m1/s1. The largest absolute Gasteiger partial charge is 0.485 e. The van der Waals surface area contributed by atoms with Gasteiger partial charge < -0.3 is 42.5 Å². The molecule has 0 aliphatic carbocycles. The van der Waals surface area contributed by atoms with Gasteiger partial charge in [-0.1, -0.05) is 90.4 Å². The third kappa shape index (κ3) is 9.82. The van der Waals surface area contributed by atoms with Crippen molar-refractivity contribution in [2.24, 2.45) is 40.4 Å². The first kappa shape index (κ1) is 44.8. The number of rotatable bonds is 22. The number of ketones is 3. The topological polar surface area (TPSA) is 250 Å². The first-order chi connectivity index (χ1) is 27.0. The van der Waals surface area contributed by atoms with Gasteiger partial charge in [-0.3, -0.25) is 24.2 Å². The van der Waals surface area contributed by atoms with Gasteiger partial charge >= 0.3 is 0 Å². The smallest absolute Gasteiger partial charge is 0.238 e. The molecule has 4 aromatic rings. The molecule has 0 bridgehead atoms. The second kappa shape index (κ2) is 19.5. The highest BCUT2D eigenvalue weighted by Crippen LogP contribution is 2.45. The van der Waals surface area contributed by atoms with E-state index in [0.717, 1.165) is 5.39 Å². The summed E-state index contributed by atoms with van der Waals surface area (Å²) in [5, 5.41) is 29.8. The van der Waals surface area contributed by atoms with E-state index in [4.69, 9.17) is 21.9 Å². The molecule has 1 amide bonds. The molecule has 4 rings (SSSR count). The molecule has 14 nitrogen and oxygen atoms in total. The quantitative estimate of drug-likeness (QED) is 0.0567. The third-order valence-corrected chi connectivity index (χ3v) is 10.7. The van der Waals surface area contributed by atoms with Crippen LogP contribution in [0.2, 0.25) is 0 Å². The van der Waals surface area contributed by atoms with E-state index < -0.39 is 83.5 Å². The van der Waals surface area contributed by atoms with Gasteiger partial charge in [0.25, 0.3) is 0 Å². The third-order valence-electron chi connectivity index (χ3n) is 10.7. The lowest BCUT2D eigenvalue weighted by Gasteiger charge is -2.49. The molecule has 10 N–H and O–H groups in total. The van der Waals surface area contributed by atoms with Crippen molar-refractivity contribution in [2.75, 3.05) is 6.61 Å². The van der Waals surface area contributed by atoms with E-state index in [1.54, 1.807) is 57.2 Å². The highest BCUT2D eigenvalue weighted by Gasteiger charge is 2.69. The van der Waals surface area contributed by atoms with E-state index in [9.17, 15) is 15.0 Å². The predicted molar refractivity (Wildman–Crippen MR) is 218 cm³/mol. The van der Waals surface area contributed by atoms with Crippen molar-refractivity contribution in [3.05, 3.63) is 90.8 Å². The van der Waals surface area contributed by atoms with Crippen LogP contribution in [0.25, 0.3) is 10.8 Å². The molecule has 2 heterocycles. The second-order valence-corrected chi connectivity index (χ2v) is 15.9. The Labute approximate surface area is 334 Å². The van der Waals surface area contributed by atoms with E-state index >= 15 is 14.4 Å². The van der Waals surface area contributed by atoms with Crippen LogP contribution >= 0.6 is 0 Å². The van der Waals surface area contributed by atoms with Crippen LogP contribution < -0.4 is 27.3 Å². The van der Waals surface area contributed by atoms with Crippen molar-refractivity contribution in [3.63, 3.8) is 0 Å². The van der Waals surface area contributed by atoms with Crippen molar-refractivity contribution in [2.45, 2.75) is 103 Å². The molecule has 0 aliphatic heterocycles. The lowest BCUT2D eigenvalue weighted by atomic mass is 9.57. The van der Waals surface area contributed by atoms with Crippen molar-refractivity contribution in [1.82, 2.24) is 20.3 Å². The Hall–Kier alpha value is -4.86. The van der Waals surface area contributed by atoms with Crippen LogP contribution in [0.3, 0.4) is 0 Å². The Morgan fingerprint density at radius 3 is 2.23 bits per heavy atom. The normalized spacial score (nSPS) is 17.1. The Balaban J connectivity index is 1.99. The molecule has 2 aromatic carbocycles. The predicted octanol–water partition coefficient (Wildman–Crippen LogP) is 3.34. The van der Waals surface area contributed by atoms with Crippen molar-refractivity contribution >= 4 is 34.0 Å². The molecule has 0 fully saturated rings. The Morgan fingerprint density at radius 2 is 1.61 bits per heavy atom. The number of nitrogens with zero attached hydrogens (tertiary/aromatic N) is 2. The summed E-state index contributed by atoms with van der Waals surface area (Å²) in [6.45, 7) is 9.82. The lowest BCUT2D eigenvalue weighted by Crippen LogP contribution is -2.75. The highest BCUT2D eigenvalue weighted by atomic mass is 16.5. The Bertz CT molecular complexity index is 1950. The van der Waals surface area contributed by atoms with Gasteiger partial charge in [0.05, 0.1) is 24.1 Å². The minimum Gasteiger partial charge on any atom is -0.485 e. The number of pyridine rings is 1. The monoisotopic (exact) mass is 785 g/mol. The highest BCUT2D eigenvalue weighted by molar-refractivity contribution is 6.15. The number of fused-ring (bicyclic) bond motifs is 1. The molecular formula is C43H59N7O7. The molecule has 0 saturated heterocycles. The molecule has 8 atom stereocenters. The average Bonchev–Trinajstić information content (AvgIpc) is 3.72. The number of hydrogen-bond acceptors (Lipinski definition) is 12. The van der Waals surface area contributed by atoms with E-state index in [1.165, 1.54) is 24.8 Å². The van der Waals surface area contributed by atoms with Crippen LogP contribution in [0.1, 0.15) is 78.2 Å². The van der Waals surface area contributed by atoms with Crippen LogP contribution in [-0.2, 0) is 25.6 Å². The zero-order valence-electron chi connectivity index (χ0n) is 33.7. The van der Waals surface area contributed by atoms with Gasteiger partial charge in [0.1, 0.15) is 29.9 Å². The molecule has 14 heteroatoms. The van der Waals surface area contributed by atoms with Gasteiger partial charge in [-0.15, -0.1) is 0 Å². The first-order valence-electron chi connectivity index (χ1n) is 19.6. The molecule has 0 radical (unpaired) electrons. The summed E-state index contributed by atoms with van der Waals surface area (Å²) in [6.07, 6.45) is 2.02. The van der Waals surface area contributed by atoms with Crippen LogP contribution in [0.5, 0.6) is 5.75 Å². The molecule has 2 aromatic heterocycles. The molecule has 57 heavy (non-hydrogen) atoms. The van der Waals surface area contributed by atoms with Crippen LogP contribution in [0.4, 0.5) is 0 Å². The number of aromatic nitrogens is 3. The van der Waals surface area contributed by atoms with E-state index in [1.807, 2.05) is 39.0 Å². The number of imidazole rings is 1. The Kier molecular flexibility index (Phi) is 15.4. The summed E-state index contributed by atoms with van der Waals surface area (Å²) in [4.78, 5) is 71.4. The average molecular weight is 786 g/mol. The van der Waals surface area contributed by atoms with E-state index in [0.29, 0.717) is 17.5 Å². The summed E-state index contributed by atoms with van der Waals surface area (Å²) in [5.41, 5.74) is 14.1. The van der Waals surface area contributed by atoms with E-state index in [2.05, 4.69) is 20.3 Å². The maximum absolute atomic E-state index is 15.5. The number of aliphatic hydroxyl groups is 2. The van der Waals surface area contributed by atoms with Gasteiger partial charge in [0.15, 0.2) is 17.2 Å². The number of ether oxygens (including phenoxy) is 1. The van der Waals surface area contributed by atoms with Crippen molar-refractivity contribution in [1.29, 1.82) is 0 Å². The van der Waals surface area contributed by atoms with Crippen molar-refractivity contribution < 1.29 is 34.1 Å². The molecule has 3 unspecified atom stereocenters. The summed E-state index contributed by atoms with van der Waals surface area (Å²) in [6, 6.07) is 11.8. The number of amides is 1. The zero-order chi connectivity index (χ0) is 42.1. The number of nitrogens with two attached hydrogens (primary N) is 3. The number of benzene rings is 2. The summed E-state index contributed by atoms with van der Waals surface area (Å²) >= 11 is 0. The maximum Gasteiger partial charge on any atom is 0.238 e. The fraction of sp³-hybridized carbons (Fsp3) is 0.488. The second-order valence-electron chi connectivity index (χ2n) is 15.9. The van der Waals surface area contributed by atoms with Gasteiger partial charge in [0.2, 0.25) is 11.7 Å². The first-order valence-corrected chi connectivity index (χ1v) is 19.6. The number of carbonyl (C=O) groups is 4. The molecule has 0 aliphatic rings. The number of nitrogens with one attached hydrogen (secondary N) is 2. The molecule has 0 saturated carbocycles. The number of aliphatic hydroxyl groups excluding tert-OH is 1.